The molecule has 0 saturated heterocycles. The Balaban J connectivity index is 3.14. The lowest BCUT2D eigenvalue weighted by Gasteiger charge is -2.32. The van der Waals surface area contributed by atoms with Gasteiger partial charge in [-0.3, -0.25) is 4.79 Å². The van der Waals surface area contributed by atoms with E-state index in [1.165, 1.54) is 0 Å². The predicted octanol–water partition coefficient (Wildman–Crippen LogP) is 6.41. The third-order valence-electron chi connectivity index (χ3n) is 4.41. The molecule has 0 fully saturated rings. The van der Waals surface area contributed by atoms with Crippen molar-refractivity contribution >= 4 is 21.9 Å². The van der Waals surface area contributed by atoms with Crippen LogP contribution >= 0.6 is 15.9 Å². The molecule has 0 unspecified atom stereocenters. The second-order valence-electron chi connectivity index (χ2n) is 6.29. The summed E-state index contributed by atoms with van der Waals surface area (Å²) in [7, 11) is 0. The monoisotopic (exact) mass is 382 g/mol. The van der Waals surface area contributed by atoms with E-state index in [1.807, 2.05) is 12.1 Å². The van der Waals surface area contributed by atoms with Crippen LogP contribution in [0.4, 0.5) is 0 Å². The molecule has 0 aliphatic rings. The Kier molecular flexibility index (Phi) is 9.54. The van der Waals surface area contributed by atoms with Gasteiger partial charge in [0.25, 0.3) is 0 Å². The first-order valence-corrected chi connectivity index (χ1v) is 9.83. The maximum absolute atomic E-state index is 13.0. The van der Waals surface area contributed by atoms with Gasteiger partial charge >= 0.3 is 5.97 Å². The van der Waals surface area contributed by atoms with Crippen LogP contribution in [0.15, 0.2) is 28.7 Å². The van der Waals surface area contributed by atoms with Crippen LogP contribution in [0.3, 0.4) is 0 Å². The fourth-order valence-corrected chi connectivity index (χ4v) is 3.33. The summed E-state index contributed by atoms with van der Waals surface area (Å²) in [6, 6.07) is 8.20. The number of rotatable bonds is 11. The highest BCUT2D eigenvalue weighted by atomic mass is 79.9. The number of hydrogen-bond acceptors (Lipinski definition) is 2. The highest BCUT2D eigenvalue weighted by molar-refractivity contribution is 9.10. The summed E-state index contributed by atoms with van der Waals surface area (Å²) in [4.78, 5) is 13.0. The summed E-state index contributed by atoms with van der Waals surface area (Å²) < 4.78 is 6.70. The average Bonchev–Trinajstić information content (AvgIpc) is 2.55. The van der Waals surface area contributed by atoms with E-state index in [0.29, 0.717) is 6.61 Å². The van der Waals surface area contributed by atoms with Gasteiger partial charge in [0, 0.05) is 4.47 Å². The van der Waals surface area contributed by atoms with E-state index >= 15 is 0 Å². The fraction of sp³-hybridized carbons (Fsp3) is 0.650. The van der Waals surface area contributed by atoms with E-state index in [2.05, 4.69) is 48.8 Å². The van der Waals surface area contributed by atoms with E-state index < -0.39 is 5.41 Å². The summed E-state index contributed by atoms with van der Waals surface area (Å²) in [6.07, 6.45) is 7.96. The van der Waals surface area contributed by atoms with Crippen LogP contribution in [0, 0.1) is 0 Å². The maximum Gasteiger partial charge on any atom is 0.316 e. The van der Waals surface area contributed by atoms with Crippen molar-refractivity contribution in [2.45, 2.75) is 77.6 Å². The quantitative estimate of drug-likeness (QED) is 0.326. The summed E-state index contributed by atoms with van der Waals surface area (Å²) >= 11 is 3.55. The zero-order valence-electron chi connectivity index (χ0n) is 14.9. The second-order valence-corrected chi connectivity index (χ2v) is 7.20. The molecule has 1 aromatic rings. The Labute approximate surface area is 150 Å². The normalized spacial score (nSPS) is 11.5. The number of hydrogen-bond donors (Lipinski definition) is 0. The van der Waals surface area contributed by atoms with Crippen molar-refractivity contribution in [3.63, 3.8) is 0 Å². The van der Waals surface area contributed by atoms with Gasteiger partial charge in [-0.25, -0.2) is 0 Å². The Hall–Kier alpha value is -0.830. The third-order valence-corrected chi connectivity index (χ3v) is 4.91. The van der Waals surface area contributed by atoms with Crippen LogP contribution < -0.4 is 0 Å². The van der Waals surface area contributed by atoms with Crippen molar-refractivity contribution in [3.05, 3.63) is 34.3 Å². The fourth-order valence-electron chi connectivity index (χ4n) is 2.93. The van der Waals surface area contributed by atoms with Crippen LogP contribution in [-0.2, 0) is 14.9 Å². The number of unbranched alkanes of at least 4 members (excludes halogenated alkanes) is 3. The molecule has 0 spiro atoms. The molecule has 0 bridgehead atoms. The Morgan fingerprint density at radius 1 is 1.04 bits per heavy atom. The number of carbonyl (C=O) groups excluding carboxylic acids is 1. The van der Waals surface area contributed by atoms with Crippen molar-refractivity contribution in [1.82, 2.24) is 0 Å². The molecule has 0 amide bonds. The van der Waals surface area contributed by atoms with Crippen LogP contribution in [0.2, 0.25) is 0 Å². The summed E-state index contributed by atoms with van der Waals surface area (Å²) in [6.45, 7) is 6.99. The molecule has 0 heterocycles. The molecule has 2 nitrogen and oxygen atoms in total. The summed E-state index contributed by atoms with van der Waals surface area (Å²) in [5.74, 6) is -0.0362. The SMILES string of the molecule is CCCCOC(=O)C(CCCC)(CCCC)c1cccc(Br)c1. The highest BCUT2D eigenvalue weighted by Crippen LogP contribution is 2.38. The molecule has 0 aliphatic carbocycles. The number of carbonyl (C=O) groups is 1. The van der Waals surface area contributed by atoms with E-state index in [-0.39, 0.29) is 5.97 Å². The molecule has 1 rings (SSSR count). The van der Waals surface area contributed by atoms with Crippen LogP contribution in [0.1, 0.15) is 77.7 Å². The molecule has 0 N–H and O–H groups in total. The molecule has 0 atom stereocenters. The largest absolute Gasteiger partial charge is 0.465 e. The minimum absolute atomic E-state index is 0.0362. The molecular weight excluding hydrogens is 352 g/mol. The third kappa shape index (κ3) is 5.95. The minimum atomic E-state index is -0.496. The van der Waals surface area contributed by atoms with Gasteiger partial charge in [0.05, 0.1) is 12.0 Å². The molecule has 0 aromatic heterocycles. The average molecular weight is 383 g/mol. The molecular formula is C20H31BrO2. The number of esters is 1. The van der Waals surface area contributed by atoms with Crippen molar-refractivity contribution in [3.8, 4) is 0 Å². The Morgan fingerprint density at radius 3 is 2.17 bits per heavy atom. The van der Waals surface area contributed by atoms with Gasteiger partial charge in [-0.1, -0.05) is 80.9 Å². The lowest BCUT2D eigenvalue weighted by molar-refractivity contribution is -0.151. The van der Waals surface area contributed by atoms with E-state index in [4.69, 9.17) is 4.74 Å². The van der Waals surface area contributed by atoms with Gasteiger partial charge < -0.3 is 4.74 Å². The number of halogens is 1. The lowest BCUT2D eigenvalue weighted by Crippen LogP contribution is -2.38. The van der Waals surface area contributed by atoms with Crippen molar-refractivity contribution < 1.29 is 9.53 Å². The van der Waals surface area contributed by atoms with Gasteiger partial charge in [0.2, 0.25) is 0 Å². The van der Waals surface area contributed by atoms with Gasteiger partial charge in [0.15, 0.2) is 0 Å². The predicted molar refractivity (Wildman–Crippen MR) is 101 cm³/mol. The first kappa shape index (κ1) is 20.2. The Bertz CT molecular complexity index is 462. The number of ether oxygens (including phenoxy) is 1. The molecule has 130 valence electrons. The minimum Gasteiger partial charge on any atom is -0.465 e. The number of benzene rings is 1. The van der Waals surface area contributed by atoms with E-state index in [9.17, 15) is 4.79 Å². The highest BCUT2D eigenvalue weighted by Gasteiger charge is 2.40. The zero-order valence-corrected chi connectivity index (χ0v) is 16.5. The van der Waals surface area contributed by atoms with Crippen LogP contribution in [0.5, 0.6) is 0 Å². The van der Waals surface area contributed by atoms with Gasteiger partial charge in [0.1, 0.15) is 0 Å². The standard InChI is InChI=1S/C20H31BrO2/c1-4-7-13-20(14-8-5-2,19(22)23-15-9-6-3)17-11-10-12-18(21)16-17/h10-12,16H,4-9,13-15H2,1-3H3. The van der Waals surface area contributed by atoms with Gasteiger partial charge in [-0.2, -0.15) is 0 Å². The molecule has 3 heteroatoms. The van der Waals surface area contributed by atoms with E-state index in [1.54, 1.807) is 0 Å². The first-order chi connectivity index (χ1) is 11.1. The van der Waals surface area contributed by atoms with Gasteiger partial charge in [-0.15, -0.1) is 0 Å². The van der Waals surface area contributed by atoms with Gasteiger partial charge in [-0.05, 0) is 37.0 Å². The molecule has 0 aliphatic heterocycles. The van der Waals surface area contributed by atoms with E-state index in [0.717, 1.165) is 61.4 Å². The molecule has 1 aromatic carbocycles. The Morgan fingerprint density at radius 2 is 1.65 bits per heavy atom. The first-order valence-electron chi connectivity index (χ1n) is 9.04. The van der Waals surface area contributed by atoms with Crippen molar-refractivity contribution in [2.24, 2.45) is 0 Å². The second kappa shape index (κ2) is 10.9. The zero-order chi connectivity index (χ0) is 17.1. The molecule has 23 heavy (non-hydrogen) atoms. The van der Waals surface area contributed by atoms with Crippen LogP contribution in [-0.4, -0.2) is 12.6 Å². The lowest BCUT2D eigenvalue weighted by atomic mass is 9.72. The summed E-state index contributed by atoms with van der Waals surface area (Å²) in [5, 5.41) is 0. The molecule has 0 radical (unpaired) electrons. The maximum atomic E-state index is 13.0. The topological polar surface area (TPSA) is 26.3 Å². The van der Waals surface area contributed by atoms with Crippen LogP contribution in [0.25, 0.3) is 0 Å². The van der Waals surface area contributed by atoms with Crippen molar-refractivity contribution in [2.75, 3.05) is 6.61 Å². The summed E-state index contributed by atoms with van der Waals surface area (Å²) in [5.41, 5.74) is 0.596. The molecule has 0 saturated carbocycles. The smallest absolute Gasteiger partial charge is 0.316 e. The van der Waals surface area contributed by atoms with Crippen molar-refractivity contribution in [1.29, 1.82) is 0 Å².